The number of phenols is 1. The summed E-state index contributed by atoms with van der Waals surface area (Å²) >= 11 is 0. The van der Waals surface area contributed by atoms with Crippen molar-refractivity contribution in [1.29, 1.82) is 0 Å². The summed E-state index contributed by atoms with van der Waals surface area (Å²) < 4.78 is 5.41. The van der Waals surface area contributed by atoms with Gasteiger partial charge in [-0.1, -0.05) is 6.07 Å². The van der Waals surface area contributed by atoms with Gasteiger partial charge in [-0.25, -0.2) is 5.43 Å². The van der Waals surface area contributed by atoms with Crippen LogP contribution in [0.1, 0.15) is 38.2 Å². The second-order valence-corrected chi connectivity index (χ2v) is 7.14. The molecule has 0 radical (unpaired) electrons. The van der Waals surface area contributed by atoms with Crippen LogP contribution >= 0.6 is 0 Å². The topological polar surface area (TPSA) is 99.0 Å². The molecule has 2 aromatic rings. The third kappa shape index (κ3) is 4.49. The quantitative estimate of drug-likeness (QED) is 0.543. The molecular weight excluding hydrogens is 370 g/mol. The van der Waals surface area contributed by atoms with E-state index in [0.717, 1.165) is 51.9 Å². The minimum absolute atomic E-state index is 0.0612. The van der Waals surface area contributed by atoms with E-state index in [1.54, 1.807) is 12.1 Å². The zero-order valence-corrected chi connectivity index (χ0v) is 16.7. The molecule has 3 heterocycles. The normalized spacial score (nSPS) is 16.7. The highest BCUT2D eigenvalue weighted by molar-refractivity contribution is 5.85. The van der Waals surface area contributed by atoms with Gasteiger partial charge in [-0.3, -0.25) is 0 Å². The van der Waals surface area contributed by atoms with E-state index in [1.165, 1.54) is 6.21 Å². The lowest BCUT2D eigenvalue weighted by atomic mass is 10.2. The predicted octanol–water partition coefficient (Wildman–Crippen LogP) is 2.62. The SMILES string of the molecule is CCOc1cccc(/C=N/Nc2nc(N3CCCC3)nc(N3CCCC3)n2)c1O. The van der Waals surface area contributed by atoms with Crippen LogP contribution < -0.4 is 20.0 Å². The summed E-state index contributed by atoms with van der Waals surface area (Å²) in [5.41, 5.74) is 3.45. The van der Waals surface area contributed by atoms with E-state index in [1.807, 2.05) is 13.0 Å². The van der Waals surface area contributed by atoms with Crippen molar-refractivity contribution in [3.05, 3.63) is 23.8 Å². The Morgan fingerprint density at radius 3 is 2.24 bits per heavy atom. The van der Waals surface area contributed by atoms with E-state index in [2.05, 4.69) is 30.3 Å². The number of phenolic OH excluding ortho intramolecular Hbond substituents is 1. The van der Waals surface area contributed by atoms with Crippen LogP contribution in [0.5, 0.6) is 11.5 Å². The fraction of sp³-hybridized carbons (Fsp3) is 0.500. The van der Waals surface area contributed by atoms with Crippen LogP contribution in [0.4, 0.5) is 17.8 Å². The number of para-hydroxylation sites is 1. The second-order valence-electron chi connectivity index (χ2n) is 7.14. The van der Waals surface area contributed by atoms with Crippen molar-refractivity contribution in [2.24, 2.45) is 5.10 Å². The minimum atomic E-state index is 0.0612. The standard InChI is InChI=1S/C20H27N7O2/c1-2-29-16-9-7-8-15(17(16)28)14-21-25-18-22-19(26-10-3-4-11-26)24-20(23-18)27-12-5-6-13-27/h7-9,14,28H,2-6,10-13H2,1H3,(H,22,23,24,25)/b21-14+. The number of benzene rings is 1. The molecule has 0 spiro atoms. The molecule has 2 saturated heterocycles. The Labute approximate surface area is 170 Å². The van der Waals surface area contributed by atoms with Crippen LogP contribution in [-0.4, -0.2) is 59.1 Å². The molecule has 0 aliphatic carbocycles. The van der Waals surface area contributed by atoms with E-state index in [-0.39, 0.29) is 5.75 Å². The number of nitrogens with one attached hydrogen (secondary N) is 1. The fourth-order valence-corrected chi connectivity index (χ4v) is 3.60. The molecule has 9 nitrogen and oxygen atoms in total. The van der Waals surface area contributed by atoms with E-state index < -0.39 is 0 Å². The number of ether oxygens (including phenoxy) is 1. The molecule has 4 rings (SSSR count). The number of aromatic hydroxyl groups is 1. The summed E-state index contributed by atoms with van der Waals surface area (Å²) in [6.07, 6.45) is 6.15. The summed E-state index contributed by atoms with van der Waals surface area (Å²) in [5.74, 6) is 2.28. The zero-order chi connectivity index (χ0) is 20.1. The summed E-state index contributed by atoms with van der Waals surface area (Å²) in [7, 11) is 0. The molecule has 154 valence electrons. The first-order chi connectivity index (χ1) is 14.2. The van der Waals surface area contributed by atoms with Crippen molar-refractivity contribution in [1.82, 2.24) is 15.0 Å². The largest absolute Gasteiger partial charge is 0.504 e. The molecular formula is C20H27N7O2. The first kappa shape index (κ1) is 19.2. The lowest BCUT2D eigenvalue weighted by Gasteiger charge is -2.20. The van der Waals surface area contributed by atoms with Crippen molar-refractivity contribution in [3.63, 3.8) is 0 Å². The number of hydrogen-bond donors (Lipinski definition) is 2. The number of aromatic nitrogens is 3. The highest BCUT2D eigenvalue weighted by Gasteiger charge is 2.21. The lowest BCUT2D eigenvalue weighted by Crippen LogP contribution is -2.25. The first-order valence-electron chi connectivity index (χ1n) is 10.2. The number of hydrazone groups is 1. The lowest BCUT2D eigenvalue weighted by molar-refractivity contribution is 0.318. The number of rotatable bonds is 7. The van der Waals surface area contributed by atoms with Crippen LogP contribution in [0, 0.1) is 0 Å². The van der Waals surface area contributed by atoms with Gasteiger partial charge in [-0.2, -0.15) is 20.1 Å². The van der Waals surface area contributed by atoms with Crippen molar-refractivity contribution in [3.8, 4) is 11.5 Å². The Morgan fingerprint density at radius 1 is 1.03 bits per heavy atom. The third-order valence-corrected chi connectivity index (χ3v) is 5.09. The van der Waals surface area contributed by atoms with Gasteiger partial charge in [0.2, 0.25) is 17.8 Å². The van der Waals surface area contributed by atoms with E-state index in [4.69, 9.17) is 9.72 Å². The van der Waals surface area contributed by atoms with E-state index in [9.17, 15) is 5.11 Å². The van der Waals surface area contributed by atoms with Gasteiger partial charge < -0.3 is 19.6 Å². The maximum absolute atomic E-state index is 10.3. The van der Waals surface area contributed by atoms with Crippen LogP contribution in [0.15, 0.2) is 23.3 Å². The molecule has 9 heteroatoms. The minimum Gasteiger partial charge on any atom is -0.504 e. The Balaban J connectivity index is 1.54. The van der Waals surface area contributed by atoms with Gasteiger partial charge in [0.15, 0.2) is 11.5 Å². The molecule has 2 fully saturated rings. The van der Waals surface area contributed by atoms with Crippen LogP contribution in [-0.2, 0) is 0 Å². The van der Waals surface area contributed by atoms with Crippen LogP contribution in [0.25, 0.3) is 0 Å². The number of hydrogen-bond acceptors (Lipinski definition) is 9. The number of anilines is 3. The van der Waals surface area contributed by atoms with E-state index >= 15 is 0 Å². The Bertz CT molecular complexity index is 828. The summed E-state index contributed by atoms with van der Waals surface area (Å²) in [4.78, 5) is 18.2. The molecule has 0 saturated carbocycles. The van der Waals surface area contributed by atoms with Gasteiger partial charge in [0.05, 0.1) is 12.8 Å². The van der Waals surface area contributed by atoms with Gasteiger partial charge in [0.25, 0.3) is 0 Å². The van der Waals surface area contributed by atoms with Crippen molar-refractivity contribution >= 4 is 24.1 Å². The van der Waals surface area contributed by atoms with Gasteiger partial charge in [0.1, 0.15) is 0 Å². The molecule has 0 bridgehead atoms. The van der Waals surface area contributed by atoms with Gasteiger partial charge >= 0.3 is 0 Å². The summed E-state index contributed by atoms with van der Waals surface area (Å²) in [6.45, 7) is 6.21. The molecule has 2 aliphatic heterocycles. The highest BCUT2D eigenvalue weighted by atomic mass is 16.5. The maximum atomic E-state index is 10.3. The Kier molecular flexibility index (Phi) is 5.92. The predicted molar refractivity (Wildman–Crippen MR) is 113 cm³/mol. The van der Waals surface area contributed by atoms with Crippen LogP contribution in [0.3, 0.4) is 0 Å². The third-order valence-electron chi connectivity index (χ3n) is 5.09. The average Bonchev–Trinajstić information content (AvgIpc) is 3.45. The van der Waals surface area contributed by atoms with Gasteiger partial charge in [-0.05, 0) is 44.7 Å². The fourth-order valence-electron chi connectivity index (χ4n) is 3.60. The highest BCUT2D eigenvalue weighted by Crippen LogP contribution is 2.28. The van der Waals surface area contributed by atoms with Crippen molar-refractivity contribution in [2.45, 2.75) is 32.6 Å². The molecule has 1 aromatic heterocycles. The summed E-state index contributed by atoms with van der Waals surface area (Å²) in [6, 6.07) is 5.30. The monoisotopic (exact) mass is 397 g/mol. The Hall–Kier alpha value is -3.10. The van der Waals surface area contributed by atoms with Crippen molar-refractivity contribution in [2.75, 3.05) is 48.0 Å². The Morgan fingerprint density at radius 2 is 1.66 bits per heavy atom. The molecule has 2 aliphatic rings. The van der Waals surface area contributed by atoms with Crippen LogP contribution in [0.2, 0.25) is 0 Å². The molecule has 2 N–H and O–H groups in total. The maximum Gasteiger partial charge on any atom is 0.250 e. The molecule has 0 unspecified atom stereocenters. The van der Waals surface area contributed by atoms with E-state index in [0.29, 0.717) is 35.8 Å². The van der Waals surface area contributed by atoms with Crippen molar-refractivity contribution < 1.29 is 9.84 Å². The molecule has 29 heavy (non-hydrogen) atoms. The molecule has 1 aromatic carbocycles. The number of nitrogens with zero attached hydrogens (tertiary/aromatic N) is 6. The molecule has 0 atom stereocenters. The second kappa shape index (κ2) is 8.93. The molecule has 0 amide bonds. The average molecular weight is 397 g/mol. The smallest absolute Gasteiger partial charge is 0.250 e. The van der Waals surface area contributed by atoms with Gasteiger partial charge in [-0.15, -0.1) is 0 Å². The zero-order valence-electron chi connectivity index (χ0n) is 16.7. The van der Waals surface area contributed by atoms with Gasteiger partial charge in [0, 0.05) is 31.7 Å². The first-order valence-corrected chi connectivity index (χ1v) is 10.2. The summed E-state index contributed by atoms with van der Waals surface area (Å²) in [5, 5.41) is 14.5.